The molecule has 0 unspecified atom stereocenters. The summed E-state index contributed by atoms with van der Waals surface area (Å²) in [5.74, 6) is 0.357. The van der Waals surface area contributed by atoms with E-state index in [9.17, 15) is 9.59 Å². The van der Waals surface area contributed by atoms with Gasteiger partial charge in [0.05, 0.1) is 12.8 Å². The molecule has 1 N–H and O–H groups in total. The summed E-state index contributed by atoms with van der Waals surface area (Å²) in [5, 5.41) is 6.61. The van der Waals surface area contributed by atoms with Crippen LogP contribution in [0.3, 0.4) is 0 Å². The van der Waals surface area contributed by atoms with Crippen LogP contribution in [0.1, 0.15) is 10.4 Å². The molecule has 1 aromatic carbocycles. The molecule has 0 amide bonds. The Labute approximate surface area is 174 Å². The van der Waals surface area contributed by atoms with Gasteiger partial charge in [0.1, 0.15) is 0 Å². The van der Waals surface area contributed by atoms with Crippen LogP contribution >= 0.6 is 22.9 Å². The van der Waals surface area contributed by atoms with Crippen LogP contribution < -0.4 is 16.7 Å². The van der Waals surface area contributed by atoms with E-state index in [-0.39, 0.29) is 12.2 Å². The minimum absolute atomic E-state index is 0.0750. The molecule has 4 aromatic rings. The largest absolute Gasteiger partial charge is 0.332 e. The minimum atomic E-state index is -0.464. The summed E-state index contributed by atoms with van der Waals surface area (Å²) in [6.07, 6.45) is 1.67. The molecule has 8 nitrogen and oxygen atoms in total. The van der Waals surface area contributed by atoms with Crippen molar-refractivity contribution in [2.75, 3.05) is 5.43 Å². The van der Waals surface area contributed by atoms with Crippen molar-refractivity contribution in [3.05, 3.63) is 78.1 Å². The molecule has 3 heterocycles. The van der Waals surface area contributed by atoms with Crippen LogP contribution in [-0.4, -0.2) is 24.9 Å². The van der Waals surface area contributed by atoms with Crippen molar-refractivity contribution in [1.82, 2.24) is 18.7 Å². The number of halogens is 1. The molecule has 0 aliphatic rings. The van der Waals surface area contributed by atoms with Crippen molar-refractivity contribution in [3.63, 3.8) is 0 Å². The number of thiophene rings is 1. The Morgan fingerprint density at radius 2 is 1.97 bits per heavy atom. The number of rotatable bonds is 5. The Morgan fingerprint density at radius 1 is 1.17 bits per heavy atom. The van der Waals surface area contributed by atoms with Gasteiger partial charge in [0.2, 0.25) is 5.95 Å². The molecule has 29 heavy (non-hydrogen) atoms. The molecular weight excluding hydrogens is 412 g/mol. The summed E-state index contributed by atoms with van der Waals surface area (Å²) in [7, 11) is 3.28. The summed E-state index contributed by atoms with van der Waals surface area (Å²) in [6, 6.07) is 11.0. The minimum Gasteiger partial charge on any atom is -0.306 e. The number of hydrogen-bond donors (Lipinski definition) is 1. The quantitative estimate of drug-likeness (QED) is 0.391. The first-order valence-corrected chi connectivity index (χ1v) is 9.95. The third-order valence-corrected chi connectivity index (χ3v) is 5.72. The van der Waals surface area contributed by atoms with Crippen LogP contribution in [0.25, 0.3) is 11.2 Å². The second-order valence-corrected chi connectivity index (χ2v) is 7.76. The van der Waals surface area contributed by atoms with Gasteiger partial charge in [0.25, 0.3) is 5.56 Å². The van der Waals surface area contributed by atoms with Crippen molar-refractivity contribution in [1.29, 1.82) is 0 Å². The van der Waals surface area contributed by atoms with Gasteiger partial charge in [0.15, 0.2) is 11.2 Å². The summed E-state index contributed by atoms with van der Waals surface area (Å²) < 4.78 is 4.09. The topological polar surface area (TPSA) is 86.2 Å². The fourth-order valence-corrected chi connectivity index (χ4v) is 3.78. The highest BCUT2D eigenvalue weighted by Crippen LogP contribution is 2.17. The number of benzene rings is 1. The van der Waals surface area contributed by atoms with E-state index in [0.717, 1.165) is 9.44 Å². The van der Waals surface area contributed by atoms with Crippen molar-refractivity contribution in [2.24, 2.45) is 19.2 Å². The molecule has 0 saturated heterocycles. The average molecular weight is 429 g/mol. The third-order valence-electron chi connectivity index (χ3n) is 4.55. The predicted octanol–water partition coefficient (Wildman–Crippen LogP) is 2.64. The number of aryl methyl sites for hydroxylation is 2. The fraction of sp³-hybridized carbons (Fsp3) is 0.158. The van der Waals surface area contributed by atoms with Gasteiger partial charge in [-0.2, -0.15) is 10.1 Å². The molecule has 0 bridgehead atoms. The van der Waals surface area contributed by atoms with E-state index in [0.29, 0.717) is 22.1 Å². The van der Waals surface area contributed by atoms with Crippen LogP contribution in [0.2, 0.25) is 5.02 Å². The standard InChI is InChI=1S/C19H17ClN6O2S/c1-24-15-16(22-18(24)23-21-10-13-7-5-9-29-13)25(2)19(28)26(17(15)27)11-12-6-3-4-8-14(12)20/h3-10H,11H2,1-2H3,(H,22,23)/b21-10+. The first-order valence-electron chi connectivity index (χ1n) is 8.69. The number of hydrazone groups is 1. The average Bonchev–Trinajstić information content (AvgIpc) is 3.33. The van der Waals surface area contributed by atoms with Gasteiger partial charge < -0.3 is 4.57 Å². The predicted molar refractivity (Wildman–Crippen MR) is 116 cm³/mol. The van der Waals surface area contributed by atoms with E-state index in [4.69, 9.17) is 11.6 Å². The maximum Gasteiger partial charge on any atom is 0.332 e. The van der Waals surface area contributed by atoms with Crippen molar-refractivity contribution < 1.29 is 0 Å². The monoisotopic (exact) mass is 428 g/mol. The Kier molecular flexibility index (Phi) is 5.08. The van der Waals surface area contributed by atoms with Gasteiger partial charge in [-0.15, -0.1) is 11.3 Å². The molecule has 0 fully saturated rings. The highest BCUT2D eigenvalue weighted by molar-refractivity contribution is 7.11. The molecule has 0 saturated carbocycles. The highest BCUT2D eigenvalue weighted by Gasteiger charge is 2.19. The van der Waals surface area contributed by atoms with Crippen LogP contribution in [0, 0.1) is 0 Å². The normalized spacial score (nSPS) is 11.6. The van der Waals surface area contributed by atoms with Gasteiger partial charge in [0, 0.05) is 24.0 Å². The number of anilines is 1. The Hall–Kier alpha value is -3.17. The smallest absolute Gasteiger partial charge is 0.306 e. The Bertz CT molecular complexity index is 1330. The van der Waals surface area contributed by atoms with Crippen LogP contribution in [0.15, 0.2) is 56.5 Å². The first-order chi connectivity index (χ1) is 14.0. The molecule has 148 valence electrons. The number of nitrogens with zero attached hydrogens (tertiary/aromatic N) is 5. The van der Waals surface area contributed by atoms with Gasteiger partial charge in [-0.1, -0.05) is 35.9 Å². The molecule has 4 rings (SSSR count). The number of aromatic nitrogens is 4. The zero-order valence-corrected chi connectivity index (χ0v) is 17.2. The van der Waals surface area contributed by atoms with Crippen LogP contribution in [0.4, 0.5) is 5.95 Å². The summed E-state index contributed by atoms with van der Waals surface area (Å²) in [6.45, 7) is 0.0750. The molecule has 0 radical (unpaired) electrons. The SMILES string of the molecule is Cn1c(N/N=C/c2cccs2)nc2c1c(=O)n(Cc1ccccc1Cl)c(=O)n2C. The summed E-state index contributed by atoms with van der Waals surface area (Å²) in [5.41, 5.74) is 3.21. The molecule has 0 spiro atoms. The van der Waals surface area contributed by atoms with Gasteiger partial charge >= 0.3 is 5.69 Å². The van der Waals surface area contributed by atoms with E-state index >= 15 is 0 Å². The van der Waals surface area contributed by atoms with Crippen molar-refractivity contribution in [2.45, 2.75) is 6.54 Å². The fourth-order valence-electron chi connectivity index (χ4n) is 3.00. The second kappa shape index (κ2) is 7.69. The van der Waals surface area contributed by atoms with E-state index in [1.165, 1.54) is 4.57 Å². The van der Waals surface area contributed by atoms with E-state index in [1.54, 1.807) is 54.4 Å². The summed E-state index contributed by atoms with van der Waals surface area (Å²) in [4.78, 5) is 31.2. The van der Waals surface area contributed by atoms with Gasteiger partial charge in [-0.3, -0.25) is 13.9 Å². The highest BCUT2D eigenvalue weighted by atomic mass is 35.5. The zero-order valence-electron chi connectivity index (χ0n) is 15.7. The van der Waals surface area contributed by atoms with Gasteiger partial charge in [-0.25, -0.2) is 10.2 Å². The molecule has 3 aromatic heterocycles. The number of hydrogen-bond acceptors (Lipinski definition) is 6. The number of imidazole rings is 1. The maximum atomic E-state index is 13.1. The lowest BCUT2D eigenvalue weighted by Gasteiger charge is -2.09. The Morgan fingerprint density at radius 3 is 2.69 bits per heavy atom. The second-order valence-electron chi connectivity index (χ2n) is 6.38. The van der Waals surface area contributed by atoms with Crippen molar-refractivity contribution >= 4 is 46.3 Å². The van der Waals surface area contributed by atoms with E-state index in [2.05, 4.69) is 15.5 Å². The van der Waals surface area contributed by atoms with Crippen LogP contribution in [0.5, 0.6) is 0 Å². The first kappa shape index (κ1) is 19.2. The maximum absolute atomic E-state index is 13.1. The van der Waals surface area contributed by atoms with Gasteiger partial charge in [-0.05, 0) is 23.1 Å². The lowest BCUT2D eigenvalue weighted by atomic mass is 10.2. The van der Waals surface area contributed by atoms with E-state index in [1.807, 2.05) is 23.6 Å². The zero-order chi connectivity index (χ0) is 20.5. The van der Waals surface area contributed by atoms with Crippen molar-refractivity contribution in [3.8, 4) is 0 Å². The lowest BCUT2D eigenvalue weighted by Crippen LogP contribution is -2.39. The molecule has 0 atom stereocenters. The third kappa shape index (κ3) is 3.50. The molecule has 0 aliphatic heterocycles. The van der Waals surface area contributed by atoms with E-state index < -0.39 is 11.2 Å². The summed E-state index contributed by atoms with van der Waals surface area (Å²) >= 11 is 7.76. The lowest BCUT2D eigenvalue weighted by molar-refractivity contribution is 0.655. The molecule has 10 heteroatoms. The Balaban J connectivity index is 1.78. The number of nitrogens with one attached hydrogen (secondary N) is 1. The number of fused-ring (bicyclic) bond motifs is 1. The van der Waals surface area contributed by atoms with Crippen LogP contribution in [-0.2, 0) is 20.6 Å². The molecular formula is C19H17ClN6O2S. The molecule has 0 aliphatic carbocycles.